The molecule has 0 saturated carbocycles. The summed E-state index contributed by atoms with van der Waals surface area (Å²) in [5, 5.41) is 10.3. The van der Waals surface area contributed by atoms with E-state index in [0.717, 1.165) is 16.7 Å². The van der Waals surface area contributed by atoms with Crippen LogP contribution in [0.3, 0.4) is 0 Å². The molecule has 194 valence electrons. The molecule has 4 rings (SSSR count). The molecule has 5 N–H and O–H groups in total. The van der Waals surface area contributed by atoms with E-state index in [4.69, 9.17) is 5.73 Å². The third-order valence-electron chi connectivity index (χ3n) is 6.02. The molecule has 0 fully saturated rings. The van der Waals surface area contributed by atoms with Gasteiger partial charge in [0.2, 0.25) is 11.8 Å². The fourth-order valence-corrected chi connectivity index (χ4v) is 4.50. The maximum Gasteiger partial charge on any atom is 0.251 e. The number of nitrogens with one attached hydrogen (secondary N) is 3. The van der Waals surface area contributed by atoms with Gasteiger partial charge in [-0.1, -0.05) is 18.2 Å². The first-order chi connectivity index (χ1) is 18.2. The summed E-state index contributed by atoms with van der Waals surface area (Å²) < 4.78 is 0. The molecule has 0 aliphatic heterocycles. The van der Waals surface area contributed by atoms with Crippen molar-refractivity contribution in [2.24, 2.45) is 0 Å². The number of carbonyl (C=O) groups excluding carboxylic acids is 3. The average Bonchev–Trinajstić information content (AvgIpc) is 3.40. The van der Waals surface area contributed by atoms with Crippen molar-refractivity contribution in [1.82, 2.24) is 20.6 Å². The molecule has 0 radical (unpaired) electrons. The first-order valence-electron chi connectivity index (χ1n) is 11.9. The molecule has 38 heavy (non-hydrogen) atoms. The zero-order valence-corrected chi connectivity index (χ0v) is 22.1. The lowest BCUT2D eigenvalue weighted by Crippen LogP contribution is -2.38. The second kappa shape index (κ2) is 11.2. The summed E-state index contributed by atoms with van der Waals surface area (Å²) in [4.78, 5) is 45.9. The van der Waals surface area contributed by atoms with Crippen molar-refractivity contribution < 1.29 is 14.4 Å². The van der Waals surface area contributed by atoms with Crippen molar-refractivity contribution in [2.75, 3.05) is 24.6 Å². The number of nitrogens with zero attached hydrogens (tertiary/aromatic N) is 2. The summed E-state index contributed by atoms with van der Waals surface area (Å²) in [5.41, 5.74) is 9.95. The van der Waals surface area contributed by atoms with Gasteiger partial charge in [-0.2, -0.15) is 0 Å². The third kappa shape index (κ3) is 6.04. The summed E-state index contributed by atoms with van der Waals surface area (Å²) in [6.07, 6.45) is 1.70. The normalized spacial score (nSPS) is 11.0. The summed E-state index contributed by atoms with van der Waals surface area (Å²) in [5.74, 6) is -0.862. The average molecular weight is 529 g/mol. The molecular weight excluding hydrogens is 500 g/mol. The van der Waals surface area contributed by atoms with Crippen LogP contribution in [0.4, 0.5) is 10.8 Å². The van der Waals surface area contributed by atoms with Crippen LogP contribution >= 0.6 is 11.3 Å². The minimum atomic E-state index is -0.779. The molecule has 0 atom stereocenters. The number of benzene rings is 2. The number of aromatic nitrogens is 2. The fraction of sp³-hybridized carbons (Fsp3) is 0.179. The molecular formula is C28H28N6O3S. The lowest BCUT2D eigenvalue weighted by Gasteiger charge is -2.22. The Morgan fingerprint density at radius 2 is 1.68 bits per heavy atom. The highest BCUT2D eigenvalue weighted by Crippen LogP contribution is 2.31. The van der Waals surface area contributed by atoms with Crippen molar-refractivity contribution in [3.63, 3.8) is 0 Å². The van der Waals surface area contributed by atoms with Gasteiger partial charge in [0.05, 0.1) is 23.3 Å². The SMILES string of the molecule is CNC(=O)C(C)(C)c1cc(-c2cccc(-c3csc(NC(=O)CNC(=O)c4ccc(N)cc4)n3)c2)ccn1. The number of amides is 3. The van der Waals surface area contributed by atoms with E-state index in [2.05, 4.69) is 25.9 Å². The molecule has 0 bridgehead atoms. The van der Waals surface area contributed by atoms with E-state index in [1.807, 2.05) is 55.6 Å². The van der Waals surface area contributed by atoms with Crippen LogP contribution in [0, 0.1) is 0 Å². The second-order valence-corrected chi connectivity index (χ2v) is 9.96. The van der Waals surface area contributed by atoms with Gasteiger partial charge in [0.1, 0.15) is 0 Å². The van der Waals surface area contributed by atoms with Crippen molar-refractivity contribution >= 4 is 39.9 Å². The van der Waals surface area contributed by atoms with Crippen LogP contribution in [0.1, 0.15) is 29.9 Å². The largest absolute Gasteiger partial charge is 0.399 e. The molecule has 2 aromatic heterocycles. The van der Waals surface area contributed by atoms with Gasteiger partial charge in [0, 0.05) is 35.4 Å². The summed E-state index contributed by atoms with van der Waals surface area (Å²) >= 11 is 1.29. The number of hydrogen-bond acceptors (Lipinski definition) is 7. The first-order valence-corrected chi connectivity index (χ1v) is 12.7. The molecule has 0 spiro atoms. The van der Waals surface area contributed by atoms with E-state index in [0.29, 0.717) is 27.8 Å². The van der Waals surface area contributed by atoms with Crippen LogP contribution in [0.15, 0.2) is 72.2 Å². The van der Waals surface area contributed by atoms with E-state index < -0.39 is 5.41 Å². The van der Waals surface area contributed by atoms with Crippen LogP contribution in [0.5, 0.6) is 0 Å². The second-order valence-electron chi connectivity index (χ2n) is 9.11. The number of nitrogens with two attached hydrogens (primary N) is 1. The number of thiazole rings is 1. The quantitative estimate of drug-likeness (QED) is 0.256. The molecule has 0 saturated heterocycles. The zero-order valence-electron chi connectivity index (χ0n) is 21.2. The highest BCUT2D eigenvalue weighted by molar-refractivity contribution is 7.14. The number of carbonyl (C=O) groups is 3. The van der Waals surface area contributed by atoms with E-state index in [-0.39, 0.29) is 24.3 Å². The Morgan fingerprint density at radius 3 is 2.42 bits per heavy atom. The van der Waals surface area contributed by atoms with Gasteiger partial charge in [-0.25, -0.2) is 4.98 Å². The summed E-state index contributed by atoms with van der Waals surface area (Å²) in [7, 11) is 1.61. The predicted molar refractivity (Wildman–Crippen MR) is 150 cm³/mol. The van der Waals surface area contributed by atoms with E-state index in [1.54, 1.807) is 37.5 Å². The number of nitrogen functional groups attached to an aromatic ring is 1. The number of pyridine rings is 1. The fourth-order valence-electron chi connectivity index (χ4n) is 3.76. The minimum absolute atomic E-state index is 0.113. The van der Waals surface area contributed by atoms with Gasteiger partial charge in [0.25, 0.3) is 5.91 Å². The van der Waals surface area contributed by atoms with Crippen LogP contribution < -0.4 is 21.7 Å². The maximum absolute atomic E-state index is 12.4. The third-order valence-corrected chi connectivity index (χ3v) is 6.78. The minimum Gasteiger partial charge on any atom is -0.399 e. The van der Waals surface area contributed by atoms with Gasteiger partial charge in [0.15, 0.2) is 5.13 Å². The Bertz CT molecular complexity index is 1480. The lowest BCUT2D eigenvalue weighted by molar-refractivity contribution is -0.125. The highest BCUT2D eigenvalue weighted by atomic mass is 32.1. The molecule has 0 aliphatic rings. The lowest BCUT2D eigenvalue weighted by atomic mass is 9.86. The number of likely N-dealkylation sites (N-methyl/N-ethyl adjacent to an activating group) is 1. The number of anilines is 2. The summed E-state index contributed by atoms with van der Waals surface area (Å²) in [6, 6.07) is 18.1. The van der Waals surface area contributed by atoms with Crippen LogP contribution in [-0.4, -0.2) is 41.3 Å². The standard InChI is InChI=1S/C28H28N6O3S/c1-28(2,26(37)30-3)23-14-19(11-12-31-23)18-5-4-6-20(13-18)22-16-38-27(33-22)34-24(35)15-32-25(36)17-7-9-21(29)10-8-17/h4-14,16H,15,29H2,1-3H3,(H,30,37)(H,32,36)(H,33,34,35). The highest BCUT2D eigenvalue weighted by Gasteiger charge is 2.30. The van der Waals surface area contributed by atoms with Crippen molar-refractivity contribution in [1.29, 1.82) is 0 Å². The molecule has 4 aromatic rings. The smallest absolute Gasteiger partial charge is 0.251 e. The Morgan fingerprint density at radius 1 is 0.974 bits per heavy atom. The molecule has 0 aliphatic carbocycles. The molecule has 2 aromatic carbocycles. The van der Waals surface area contributed by atoms with Crippen molar-refractivity contribution in [3.05, 3.63) is 83.5 Å². The first kappa shape index (κ1) is 26.5. The molecule has 10 heteroatoms. The maximum atomic E-state index is 12.4. The number of rotatable bonds is 8. The Hall–Kier alpha value is -4.57. The van der Waals surface area contributed by atoms with Crippen molar-refractivity contribution in [2.45, 2.75) is 19.3 Å². The predicted octanol–water partition coefficient (Wildman–Crippen LogP) is 3.85. The van der Waals surface area contributed by atoms with Crippen LogP contribution in [-0.2, 0) is 15.0 Å². The summed E-state index contributed by atoms with van der Waals surface area (Å²) in [6.45, 7) is 3.48. The van der Waals surface area contributed by atoms with Gasteiger partial charge in [-0.05, 0) is 67.4 Å². The van der Waals surface area contributed by atoms with Gasteiger partial charge in [-0.15, -0.1) is 11.3 Å². The van der Waals surface area contributed by atoms with Crippen LogP contribution in [0.2, 0.25) is 0 Å². The van der Waals surface area contributed by atoms with Gasteiger partial charge in [-0.3, -0.25) is 19.4 Å². The Balaban J connectivity index is 1.43. The zero-order chi connectivity index (χ0) is 27.3. The molecule has 9 nitrogen and oxygen atoms in total. The van der Waals surface area contributed by atoms with Crippen LogP contribution in [0.25, 0.3) is 22.4 Å². The molecule has 0 unspecified atom stereocenters. The molecule has 3 amide bonds. The topological polar surface area (TPSA) is 139 Å². The van der Waals surface area contributed by atoms with Crippen molar-refractivity contribution in [3.8, 4) is 22.4 Å². The van der Waals surface area contributed by atoms with E-state index >= 15 is 0 Å². The Labute approximate surface area is 224 Å². The van der Waals surface area contributed by atoms with E-state index in [9.17, 15) is 14.4 Å². The number of hydrogen-bond donors (Lipinski definition) is 4. The van der Waals surface area contributed by atoms with Gasteiger partial charge < -0.3 is 21.7 Å². The monoisotopic (exact) mass is 528 g/mol. The van der Waals surface area contributed by atoms with Gasteiger partial charge >= 0.3 is 0 Å². The molecule has 2 heterocycles. The Kier molecular flexibility index (Phi) is 7.82. The van der Waals surface area contributed by atoms with E-state index in [1.165, 1.54) is 11.3 Å².